The van der Waals surface area contributed by atoms with Gasteiger partial charge in [0.2, 0.25) is 10.0 Å². The SMILES string of the molecule is CCCCCN(C(C)C)S(=O)(=O)c1cc(CN)ccc1Br. The zero-order chi connectivity index (χ0) is 16.0. The van der Waals surface area contributed by atoms with Gasteiger partial charge in [-0.05, 0) is 53.9 Å². The summed E-state index contributed by atoms with van der Waals surface area (Å²) >= 11 is 3.35. The van der Waals surface area contributed by atoms with Crippen molar-refractivity contribution in [3.8, 4) is 0 Å². The molecule has 0 aliphatic carbocycles. The lowest BCUT2D eigenvalue weighted by atomic mass is 10.2. The lowest BCUT2D eigenvalue weighted by Gasteiger charge is -2.26. The maximum atomic E-state index is 12.9. The summed E-state index contributed by atoms with van der Waals surface area (Å²) in [5.41, 5.74) is 6.44. The number of hydrogen-bond acceptors (Lipinski definition) is 3. The van der Waals surface area contributed by atoms with Crippen LogP contribution in [0.15, 0.2) is 27.6 Å². The Morgan fingerprint density at radius 3 is 2.48 bits per heavy atom. The molecular formula is C15H25BrN2O2S. The summed E-state index contributed by atoms with van der Waals surface area (Å²) in [5, 5.41) is 0. The summed E-state index contributed by atoms with van der Waals surface area (Å²) in [7, 11) is -3.51. The summed E-state index contributed by atoms with van der Waals surface area (Å²) in [5.74, 6) is 0. The fourth-order valence-electron chi connectivity index (χ4n) is 2.17. The fourth-order valence-corrected chi connectivity index (χ4v) is 4.82. The second-order valence-electron chi connectivity index (χ2n) is 5.39. The van der Waals surface area contributed by atoms with Gasteiger partial charge in [-0.1, -0.05) is 25.8 Å². The normalized spacial score (nSPS) is 12.3. The van der Waals surface area contributed by atoms with Crippen LogP contribution in [0.4, 0.5) is 0 Å². The van der Waals surface area contributed by atoms with Gasteiger partial charge in [-0.15, -0.1) is 0 Å². The summed E-state index contributed by atoms with van der Waals surface area (Å²) in [6, 6.07) is 5.18. The van der Waals surface area contributed by atoms with Crippen LogP contribution < -0.4 is 5.73 Å². The van der Waals surface area contributed by atoms with Crippen molar-refractivity contribution in [1.29, 1.82) is 0 Å². The number of halogens is 1. The number of hydrogen-bond donors (Lipinski definition) is 1. The van der Waals surface area contributed by atoms with Crippen molar-refractivity contribution >= 4 is 26.0 Å². The highest BCUT2D eigenvalue weighted by Gasteiger charge is 2.28. The van der Waals surface area contributed by atoms with Crippen molar-refractivity contribution in [1.82, 2.24) is 4.31 Å². The first-order valence-electron chi connectivity index (χ1n) is 7.35. The highest BCUT2D eigenvalue weighted by molar-refractivity contribution is 9.10. The van der Waals surface area contributed by atoms with E-state index in [2.05, 4.69) is 22.9 Å². The van der Waals surface area contributed by atoms with Crippen LogP contribution in [0.2, 0.25) is 0 Å². The Morgan fingerprint density at radius 1 is 1.29 bits per heavy atom. The molecule has 0 aliphatic rings. The predicted molar refractivity (Wildman–Crippen MR) is 90.6 cm³/mol. The van der Waals surface area contributed by atoms with Crippen LogP contribution in [-0.2, 0) is 16.6 Å². The Kier molecular flexibility index (Phi) is 7.33. The van der Waals surface area contributed by atoms with Gasteiger partial charge in [0.1, 0.15) is 0 Å². The molecule has 1 rings (SSSR count). The van der Waals surface area contributed by atoms with E-state index >= 15 is 0 Å². The molecule has 6 heteroatoms. The van der Waals surface area contributed by atoms with Crippen LogP contribution in [-0.4, -0.2) is 25.3 Å². The largest absolute Gasteiger partial charge is 0.326 e. The maximum absolute atomic E-state index is 12.9. The van der Waals surface area contributed by atoms with Crippen molar-refractivity contribution in [3.63, 3.8) is 0 Å². The molecule has 4 nitrogen and oxygen atoms in total. The van der Waals surface area contributed by atoms with Crippen molar-refractivity contribution < 1.29 is 8.42 Å². The number of benzene rings is 1. The first-order valence-corrected chi connectivity index (χ1v) is 9.58. The van der Waals surface area contributed by atoms with Gasteiger partial charge in [0.25, 0.3) is 0 Å². The molecule has 0 radical (unpaired) electrons. The Bertz CT molecular complexity index is 559. The summed E-state index contributed by atoms with van der Waals surface area (Å²) < 4.78 is 28.0. The molecule has 1 aromatic rings. The number of sulfonamides is 1. The van der Waals surface area contributed by atoms with E-state index in [1.165, 1.54) is 0 Å². The number of nitrogens with two attached hydrogens (primary N) is 1. The molecule has 2 N–H and O–H groups in total. The van der Waals surface area contributed by atoms with Gasteiger partial charge in [-0.2, -0.15) is 4.31 Å². The fraction of sp³-hybridized carbons (Fsp3) is 0.600. The molecule has 0 amide bonds. The zero-order valence-corrected chi connectivity index (χ0v) is 15.4. The molecular weight excluding hydrogens is 352 g/mol. The van der Waals surface area contributed by atoms with Gasteiger partial charge in [0.05, 0.1) is 4.90 Å². The molecule has 0 bridgehead atoms. The Balaban J connectivity index is 3.16. The molecule has 0 saturated carbocycles. The van der Waals surface area contributed by atoms with Crippen LogP contribution >= 0.6 is 15.9 Å². The number of nitrogens with zero attached hydrogens (tertiary/aromatic N) is 1. The Morgan fingerprint density at radius 2 is 1.95 bits per heavy atom. The molecule has 0 aromatic heterocycles. The monoisotopic (exact) mass is 376 g/mol. The van der Waals surface area contributed by atoms with Crippen molar-refractivity contribution in [2.24, 2.45) is 5.73 Å². The van der Waals surface area contributed by atoms with Gasteiger partial charge in [-0.25, -0.2) is 8.42 Å². The molecule has 120 valence electrons. The van der Waals surface area contributed by atoms with E-state index in [1.54, 1.807) is 16.4 Å². The zero-order valence-electron chi connectivity index (χ0n) is 13.0. The number of unbranched alkanes of at least 4 members (excludes halogenated alkanes) is 2. The minimum atomic E-state index is -3.51. The molecule has 0 fully saturated rings. The van der Waals surface area contributed by atoms with Crippen LogP contribution in [0.25, 0.3) is 0 Å². The van der Waals surface area contributed by atoms with Crippen molar-refractivity contribution in [2.75, 3.05) is 6.54 Å². The predicted octanol–water partition coefficient (Wildman–Crippen LogP) is 3.50. The lowest BCUT2D eigenvalue weighted by Crippen LogP contribution is -2.38. The summed E-state index contributed by atoms with van der Waals surface area (Å²) in [4.78, 5) is 0.302. The van der Waals surface area contributed by atoms with Gasteiger partial charge in [0, 0.05) is 23.6 Å². The summed E-state index contributed by atoms with van der Waals surface area (Å²) in [6.07, 6.45) is 2.98. The van der Waals surface area contributed by atoms with E-state index in [0.29, 0.717) is 22.5 Å². The van der Waals surface area contributed by atoms with E-state index in [1.807, 2.05) is 19.9 Å². The second-order valence-corrected chi connectivity index (χ2v) is 8.10. The first-order chi connectivity index (χ1) is 9.84. The van der Waals surface area contributed by atoms with Crippen LogP contribution in [0.3, 0.4) is 0 Å². The minimum Gasteiger partial charge on any atom is -0.326 e. The Hall–Kier alpha value is -0.430. The van der Waals surface area contributed by atoms with Gasteiger partial charge in [0.15, 0.2) is 0 Å². The van der Waals surface area contributed by atoms with E-state index < -0.39 is 10.0 Å². The van der Waals surface area contributed by atoms with E-state index in [4.69, 9.17) is 5.73 Å². The third-order valence-electron chi connectivity index (χ3n) is 3.38. The highest BCUT2D eigenvalue weighted by Crippen LogP contribution is 2.27. The molecule has 0 aliphatic heterocycles. The first kappa shape index (κ1) is 18.6. The Labute approximate surface area is 136 Å². The molecule has 0 unspecified atom stereocenters. The van der Waals surface area contributed by atoms with Gasteiger partial charge < -0.3 is 5.73 Å². The average molecular weight is 377 g/mol. The van der Waals surface area contributed by atoms with Crippen LogP contribution in [0.1, 0.15) is 45.6 Å². The third-order valence-corrected chi connectivity index (χ3v) is 6.45. The standard InChI is InChI=1S/C15H25BrN2O2S/c1-4-5-6-9-18(12(2)3)21(19,20)15-10-13(11-17)7-8-14(15)16/h7-8,10,12H,4-6,9,11,17H2,1-3H3. The van der Waals surface area contributed by atoms with Crippen molar-refractivity contribution in [3.05, 3.63) is 28.2 Å². The maximum Gasteiger partial charge on any atom is 0.244 e. The summed E-state index contributed by atoms with van der Waals surface area (Å²) in [6.45, 7) is 6.80. The quantitative estimate of drug-likeness (QED) is 0.706. The number of rotatable bonds is 8. The second kappa shape index (κ2) is 8.27. The molecule has 0 heterocycles. The molecule has 21 heavy (non-hydrogen) atoms. The molecule has 0 spiro atoms. The van der Waals surface area contributed by atoms with E-state index in [-0.39, 0.29) is 6.04 Å². The third kappa shape index (κ3) is 4.77. The lowest BCUT2D eigenvalue weighted by molar-refractivity contribution is 0.345. The molecule has 0 saturated heterocycles. The highest BCUT2D eigenvalue weighted by atomic mass is 79.9. The molecule has 0 atom stereocenters. The smallest absolute Gasteiger partial charge is 0.244 e. The van der Waals surface area contributed by atoms with E-state index in [0.717, 1.165) is 24.8 Å². The average Bonchev–Trinajstić information content (AvgIpc) is 2.43. The van der Waals surface area contributed by atoms with Gasteiger partial charge in [-0.3, -0.25) is 0 Å². The topological polar surface area (TPSA) is 63.4 Å². The van der Waals surface area contributed by atoms with Crippen LogP contribution in [0.5, 0.6) is 0 Å². The minimum absolute atomic E-state index is 0.0692. The van der Waals surface area contributed by atoms with Crippen LogP contribution in [0, 0.1) is 0 Å². The van der Waals surface area contributed by atoms with Crippen molar-refractivity contribution in [2.45, 2.75) is 57.5 Å². The molecule has 1 aromatic carbocycles. The van der Waals surface area contributed by atoms with Gasteiger partial charge >= 0.3 is 0 Å². The van der Waals surface area contributed by atoms with E-state index in [9.17, 15) is 8.42 Å².